The van der Waals surface area contributed by atoms with E-state index in [1.807, 2.05) is 12.1 Å². The van der Waals surface area contributed by atoms with Crippen molar-refractivity contribution in [3.63, 3.8) is 0 Å². The monoisotopic (exact) mass is 424 g/mol. The van der Waals surface area contributed by atoms with Gasteiger partial charge < -0.3 is 15.3 Å². The van der Waals surface area contributed by atoms with E-state index >= 15 is 0 Å². The number of rotatable bonds is 5. The minimum atomic E-state index is -0.395. The molecule has 3 heteroatoms. The summed E-state index contributed by atoms with van der Waals surface area (Å²) in [6.07, 6.45) is 14.3. The van der Waals surface area contributed by atoms with Crippen molar-refractivity contribution in [2.24, 2.45) is 23.2 Å². The normalized spacial score (nSPS) is 35.7. The van der Waals surface area contributed by atoms with Crippen LogP contribution >= 0.6 is 0 Å². The molecular formula is C28H40O3. The zero-order valence-corrected chi connectivity index (χ0v) is 19.3. The Morgan fingerprint density at radius 3 is 2.65 bits per heavy atom. The zero-order chi connectivity index (χ0) is 22.0. The Labute approximate surface area is 187 Å². The predicted molar refractivity (Wildman–Crippen MR) is 126 cm³/mol. The van der Waals surface area contributed by atoms with Crippen LogP contribution in [0.4, 0.5) is 0 Å². The van der Waals surface area contributed by atoms with E-state index in [0.29, 0.717) is 42.3 Å². The Kier molecular flexibility index (Phi) is 6.93. The number of aliphatic hydroxyl groups is 2. The van der Waals surface area contributed by atoms with Gasteiger partial charge in [-0.2, -0.15) is 0 Å². The highest BCUT2D eigenvalue weighted by Crippen LogP contribution is 2.59. The van der Waals surface area contributed by atoms with Crippen LogP contribution in [0.2, 0.25) is 0 Å². The van der Waals surface area contributed by atoms with E-state index in [-0.39, 0.29) is 0 Å². The Hall–Kier alpha value is -1.58. The maximum absolute atomic E-state index is 9.99. The lowest BCUT2D eigenvalue weighted by atomic mass is 9.60. The molecule has 3 aliphatic carbocycles. The maximum Gasteiger partial charge on any atom is 0.115 e. The second-order valence-corrected chi connectivity index (χ2v) is 10.8. The van der Waals surface area contributed by atoms with Crippen LogP contribution in [0.5, 0.6) is 5.75 Å². The smallest absolute Gasteiger partial charge is 0.115 e. The van der Waals surface area contributed by atoms with Crippen LogP contribution in [0.3, 0.4) is 0 Å². The molecule has 0 aliphatic heterocycles. The number of phenols is 1. The molecule has 3 nitrogen and oxygen atoms in total. The molecule has 3 N–H and O–H groups in total. The van der Waals surface area contributed by atoms with Gasteiger partial charge in [-0.1, -0.05) is 49.3 Å². The Balaban J connectivity index is 1.43. The second kappa shape index (κ2) is 9.50. The summed E-state index contributed by atoms with van der Waals surface area (Å²) in [5, 5.41) is 29.7. The minimum absolute atomic E-state index is 0.368. The molecule has 1 aromatic rings. The minimum Gasteiger partial charge on any atom is -0.508 e. The molecule has 0 bridgehead atoms. The summed E-state index contributed by atoms with van der Waals surface area (Å²) in [4.78, 5) is 0. The van der Waals surface area contributed by atoms with E-state index in [1.54, 1.807) is 11.6 Å². The van der Waals surface area contributed by atoms with Crippen molar-refractivity contribution >= 4 is 0 Å². The average molecular weight is 425 g/mol. The molecule has 31 heavy (non-hydrogen) atoms. The topological polar surface area (TPSA) is 60.7 Å². The molecule has 4 rings (SSSR count). The average Bonchev–Trinajstić information content (AvgIpc) is 3.07. The van der Waals surface area contributed by atoms with Crippen molar-refractivity contribution in [1.29, 1.82) is 0 Å². The van der Waals surface area contributed by atoms with E-state index in [4.69, 9.17) is 0 Å². The lowest BCUT2D eigenvalue weighted by molar-refractivity contribution is 0.0609. The number of aryl methyl sites for hydroxylation is 1. The lowest BCUT2D eigenvalue weighted by Gasteiger charge is -2.44. The van der Waals surface area contributed by atoms with Gasteiger partial charge in [0.2, 0.25) is 0 Å². The van der Waals surface area contributed by atoms with Gasteiger partial charge in [0.1, 0.15) is 5.75 Å². The summed E-state index contributed by atoms with van der Waals surface area (Å²) < 4.78 is 0. The Morgan fingerprint density at radius 1 is 1.13 bits per heavy atom. The van der Waals surface area contributed by atoms with Gasteiger partial charge in [0, 0.05) is 0 Å². The van der Waals surface area contributed by atoms with Gasteiger partial charge in [0.25, 0.3) is 0 Å². The SMILES string of the molecule is C[C@H](CCc1cccc(O)c1)[C@H]1CC[C@H]2/C(=C/C=C3C[C@@H](O)C[C@H](O)C3)CCC[C@]12C. The van der Waals surface area contributed by atoms with Crippen molar-refractivity contribution < 1.29 is 15.3 Å². The Morgan fingerprint density at radius 2 is 1.90 bits per heavy atom. The van der Waals surface area contributed by atoms with E-state index in [1.165, 1.54) is 49.7 Å². The number of aliphatic hydroxyl groups excluding tert-OH is 2. The number of fused-ring (bicyclic) bond motifs is 1. The molecule has 0 saturated heterocycles. The number of benzene rings is 1. The number of hydrogen-bond donors (Lipinski definition) is 3. The first-order chi connectivity index (χ1) is 14.8. The van der Waals surface area contributed by atoms with Gasteiger partial charge in [-0.05, 0) is 105 Å². The van der Waals surface area contributed by atoms with Gasteiger partial charge >= 0.3 is 0 Å². The van der Waals surface area contributed by atoms with Crippen molar-refractivity contribution in [3.05, 3.63) is 53.1 Å². The predicted octanol–water partition coefficient (Wildman–Crippen LogP) is 5.94. The summed E-state index contributed by atoms with van der Waals surface area (Å²) in [7, 11) is 0. The molecule has 0 aromatic heterocycles. The fourth-order valence-corrected chi connectivity index (χ4v) is 7.05. The van der Waals surface area contributed by atoms with Gasteiger partial charge in [0.05, 0.1) is 12.2 Å². The summed E-state index contributed by atoms with van der Waals surface area (Å²) in [6.45, 7) is 4.97. The Bertz CT molecular complexity index is 813. The molecule has 0 radical (unpaired) electrons. The zero-order valence-electron chi connectivity index (χ0n) is 19.3. The largest absolute Gasteiger partial charge is 0.508 e. The molecule has 0 spiro atoms. The molecule has 1 aromatic carbocycles. The standard InChI is InChI=1S/C28H40O3/c1-19(8-9-20-5-3-7-23(29)15-20)26-12-13-27-22(6-4-14-28(26,27)2)11-10-21-16-24(30)18-25(31)17-21/h3,5,7,10-11,15,19,24-27,29-31H,4,6,8-9,12-14,16-18H2,1-2H3/b22-11+/t19-,24-,25-,26-,27+,28-/m1/s1. The fraction of sp³-hybridized carbons (Fsp3) is 0.643. The van der Waals surface area contributed by atoms with Crippen LogP contribution in [0.1, 0.15) is 77.2 Å². The van der Waals surface area contributed by atoms with Crippen molar-refractivity contribution in [2.75, 3.05) is 0 Å². The number of allylic oxidation sites excluding steroid dienone is 3. The molecule has 170 valence electrons. The number of phenolic OH excluding ortho intramolecular Hbond substituents is 1. The summed E-state index contributed by atoms with van der Waals surface area (Å²) >= 11 is 0. The third kappa shape index (κ3) is 5.09. The molecule has 0 unspecified atom stereocenters. The van der Waals surface area contributed by atoms with Crippen molar-refractivity contribution in [3.8, 4) is 5.75 Å². The van der Waals surface area contributed by atoms with Crippen LogP contribution in [-0.2, 0) is 6.42 Å². The molecule has 3 saturated carbocycles. The van der Waals surface area contributed by atoms with Crippen molar-refractivity contribution in [1.82, 2.24) is 0 Å². The molecule has 6 atom stereocenters. The maximum atomic E-state index is 9.99. The van der Waals surface area contributed by atoms with E-state index < -0.39 is 12.2 Å². The first kappa shape index (κ1) is 22.6. The molecular weight excluding hydrogens is 384 g/mol. The molecule has 0 heterocycles. The number of aromatic hydroxyl groups is 1. The third-order valence-electron chi connectivity index (χ3n) is 8.60. The van der Waals surface area contributed by atoms with E-state index in [9.17, 15) is 15.3 Å². The third-order valence-corrected chi connectivity index (χ3v) is 8.60. The molecule has 3 aliphatic rings. The second-order valence-electron chi connectivity index (χ2n) is 10.8. The van der Waals surface area contributed by atoms with Crippen LogP contribution < -0.4 is 0 Å². The van der Waals surface area contributed by atoms with Crippen LogP contribution in [0.25, 0.3) is 0 Å². The quantitative estimate of drug-likeness (QED) is 0.548. The fourth-order valence-electron chi connectivity index (χ4n) is 7.05. The molecule has 0 amide bonds. The van der Waals surface area contributed by atoms with Crippen LogP contribution in [0, 0.1) is 23.2 Å². The first-order valence-electron chi connectivity index (χ1n) is 12.4. The summed E-state index contributed by atoms with van der Waals surface area (Å²) in [5.41, 5.74) is 4.41. The lowest BCUT2D eigenvalue weighted by Crippen LogP contribution is -2.36. The van der Waals surface area contributed by atoms with Gasteiger partial charge in [0.15, 0.2) is 0 Å². The van der Waals surface area contributed by atoms with Crippen LogP contribution in [0.15, 0.2) is 47.6 Å². The van der Waals surface area contributed by atoms with E-state index in [2.05, 4.69) is 32.1 Å². The summed E-state index contributed by atoms with van der Waals surface area (Å²) in [6, 6.07) is 7.72. The van der Waals surface area contributed by atoms with Crippen molar-refractivity contribution in [2.45, 2.75) is 90.3 Å². The summed E-state index contributed by atoms with van der Waals surface area (Å²) in [5.74, 6) is 2.47. The van der Waals surface area contributed by atoms with Gasteiger partial charge in [-0.15, -0.1) is 0 Å². The first-order valence-corrected chi connectivity index (χ1v) is 12.4. The number of hydrogen-bond acceptors (Lipinski definition) is 3. The van der Waals surface area contributed by atoms with Gasteiger partial charge in [-0.25, -0.2) is 0 Å². The van der Waals surface area contributed by atoms with E-state index in [0.717, 1.165) is 12.3 Å². The molecule has 3 fully saturated rings. The van der Waals surface area contributed by atoms with Crippen LogP contribution in [-0.4, -0.2) is 27.5 Å². The highest BCUT2D eigenvalue weighted by Gasteiger charge is 2.50. The highest BCUT2D eigenvalue weighted by atomic mass is 16.3. The highest BCUT2D eigenvalue weighted by molar-refractivity contribution is 5.28. The van der Waals surface area contributed by atoms with Gasteiger partial charge in [-0.3, -0.25) is 0 Å².